The van der Waals surface area contributed by atoms with Gasteiger partial charge in [-0.05, 0) is 31.1 Å². The largest absolute Gasteiger partial charge is 0.370 e. The summed E-state index contributed by atoms with van der Waals surface area (Å²) in [6.45, 7) is 6.59. The highest BCUT2D eigenvalue weighted by Crippen LogP contribution is 2.31. The van der Waals surface area contributed by atoms with Crippen LogP contribution in [0.15, 0.2) is 4.99 Å². The van der Waals surface area contributed by atoms with Crippen LogP contribution in [0, 0.1) is 11.8 Å². The average molecular weight is 195 g/mol. The van der Waals surface area contributed by atoms with Crippen LogP contribution in [0.25, 0.3) is 0 Å². The summed E-state index contributed by atoms with van der Waals surface area (Å²) in [7, 11) is 0. The minimum Gasteiger partial charge on any atom is -0.370 e. The molecule has 0 amide bonds. The summed E-state index contributed by atoms with van der Waals surface area (Å²) in [6, 6.07) is 0.579. The monoisotopic (exact) mass is 195 g/mol. The summed E-state index contributed by atoms with van der Waals surface area (Å²) in [5.74, 6) is 2.42. The van der Waals surface area contributed by atoms with Crippen molar-refractivity contribution < 1.29 is 0 Å². The molecule has 1 atom stereocenters. The molecule has 80 valence electrons. The van der Waals surface area contributed by atoms with Gasteiger partial charge in [-0.3, -0.25) is 4.99 Å². The molecule has 2 aliphatic rings. The van der Waals surface area contributed by atoms with E-state index in [9.17, 15) is 0 Å². The van der Waals surface area contributed by atoms with Crippen molar-refractivity contribution in [2.75, 3.05) is 13.1 Å². The molecule has 3 nitrogen and oxygen atoms in total. The van der Waals surface area contributed by atoms with E-state index in [1.807, 2.05) is 0 Å². The normalized spacial score (nSPS) is 27.2. The molecule has 0 aromatic heterocycles. The fourth-order valence-electron chi connectivity index (χ4n) is 2.14. The van der Waals surface area contributed by atoms with Gasteiger partial charge in [0.1, 0.15) is 0 Å². The van der Waals surface area contributed by atoms with Gasteiger partial charge < -0.3 is 10.6 Å². The Kier molecular flexibility index (Phi) is 2.66. The van der Waals surface area contributed by atoms with Crippen molar-refractivity contribution in [1.29, 1.82) is 0 Å². The van der Waals surface area contributed by atoms with Crippen molar-refractivity contribution in [3.8, 4) is 0 Å². The highest BCUT2D eigenvalue weighted by Gasteiger charge is 2.32. The first-order valence-electron chi connectivity index (χ1n) is 5.73. The second kappa shape index (κ2) is 3.79. The van der Waals surface area contributed by atoms with E-state index in [2.05, 4.69) is 23.7 Å². The summed E-state index contributed by atoms with van der Waals surface area (Å²) in [4.78, 5) is 6.68. The van der Waals surface area contributed by atoms with Crippen LogP contribution >= 0.6 is 0 Å². The van der Waals surface area contributed by atoms with E-state index in [-0.39, 0.29) is 0 Å². The number of hydrogen-bond donors (Lipinski definition) is 1. The maximum atomic E-state index is 5.90. The van der Waals surface area contributed by atoms with Crippen LogP contribution in [-0.2, 0) is 0 Å². The summed E-state index contributed by atoms with van der Waals surface area (Å²) >= 11 is 0. The Balaban J connectivity index is 1.90. The van der Waals surface area contributed by atoms with Crippen molar-refractivity contribution >= 4 is 5.96 Å². The van der Waals surface area contributed by atoms with Gasteiger partial charge in [0.25, 0.3) is 0 Å². The van der Waals surface area contributed by atoms with Gasteiger partial charge in [-0.2, -0.15) is 0 Å². The van der Waals surface area contributed by atoms with Gasteiger partial charge in [0.15, 0.2) is 5.96 Å². The van der Waals surface area contributed by atoms with Crippen LogP contribution < -0.4 is 5.73 Å². The van der Waals surface area contributed by atoms with Crippen molar-refractivity contribution in [3.05, 3.63) is 0 Å². The van der Waals surface area contributed by atoms with Gasteiger partial charge >= 0.3 is 0 Å². The topological polar surface area (TPSA) is 41.6 Å². The average Bonchev–Trinajstić information content (AvgIpc) is 2.85. The fourth-order valence-corrected chi connectivity index (χ4v) is 2.14. The molecular weight excluding hydrogens is 174 g/mol. The summed E-state index contributed by atoms with van der Waals surface area (Å²) in [5, 5.41) is 0. The molecule has 2 N–H and O–H groups in total. The Bertz CT molecular complexity index is 231. The molecule has 1 heterocycles. The van der Waals surface area contributed by atoms with Crippen LogP contribution in [-0.4, -0.2) is 30.0 Å². The molecule has 0 spiro atoms. The third-order valence-corrected chi connectivity index (χ3v) is 3.09. The summed E-state index contributed by atoms with van der Waals surface area (Å²) in [6.07, 6.45) is 3.99. The predicted molar refractivity (Wildman–Crippen MR) is 59.2 cm³/mol. The van der Waals surface area contributed by atoms with Gasteiger partial charge in [0, 0.05) is 6.54 Å². The minimum atomic E-state index is 0.579. The molecule has 1 unspecified atom stereocenters. The van der Waals surface area contributed by atoms with Crippen LogP contribution in [0.5, 0.6) is 0 Å². The first kappa shape index (κ1) is 9.81. The van der Waals surface area contributed by atoms with Crippen molar-refractivity contribution in [1.82, 2.24) is 4.90 Å². The molecule has 3 heteroatoms. The molecule has 0 saturated heterocycles. The predicted octanol–water partition coefficient (Wildman–Crippen LogP) is 1.44. The van der Waals surface area contributed by atoms with Crippen molar-refractivity contribution in [3.63, 3.8) is 0 Å². The maximum Gasteiger partial charge on any atom is 0.191 e. The molecule has 1 saturated carbocycles. The molecule has 0 bridgehead atoms. The smallest absolute Gasteiger partial charge is 0.191 e. The van der Waals surface area contributed by atoms with Crippen LogP contribution in [0.2, 0.25) is 0 Å². The molecule has 1 aliphatic heterocycles. The molecule has 0 aromatic rings. The Morgan fingerprint density at radius 2 is 2.21 bits per heavy atom. The zero-order chi connectivity index (χ0) is 10.1. The third-order valence-electron chi connectivity index (χ3n) is 3.09. The van der Waals surface area contributed by atoms with E-state index >= 15 is 0 Å². The standard InChI is InChI=1S/C11H21N3/c1-8(2)5-10-6-13-11(12)14(10)7-9-3-4-9/h8-10H,3-7H2,1-2H3,(H2,12,13). The number of guanidine groups is 1. The first-order chi connectivity index (χ1) is 6.66. The highest BCUT2D eigenvalue weighted by atomic mass is 15.3. The number of hydrogen-bond acceptors (Lipinski definition) is 3. The molecule has 1 aliphatic carbocycles. The van der Waals surface area contributed by atoms with Gasteiger partial charge in [0.2, 0.25) is 0 Å². The van der Waals surface area contributed by atoms with Crippen LogP contribution in [0.1, 0.15) is 33.1 Å². The molecule has 0 radical (unpaired) electrons. The van der Waals surface area contributed by atoms with Gasteiger partial charge in [0.05, 0.1) is 12.6 Å². The van der Waals surface area contributed by atoms with Gasteiger partial charge in [-0.15, -0.1) is 0 Å². The van der Waals surface area contributed by atoms with E-state index in [1.54, 1.807) is 0 Å². The van der Waals surface area contributed by atoms with Crippen LogP contribution in [0.4, 0.5) is 0 Å². The molecule has 0 aromatic carbocycles. The molecule has 1 fully saturated rings. The second-order valence-corrected chi connectivity index (χ2v) is 5.08. The lowest BCUT2D eigenvalue weighted by Gasteiger charge is -2.27. The number of nitrogens with two attached hydrogens (primary N) is 1. The van der Waals surface area contributed by atoms with Crippen LogP contribution in [0.3, 0.4) is 0 Å². The Morgan fingerprint density at radius 1 is 1.50 bits per heavy atom. The third kappa shape index (κ3) is 2.20. The summed E-state index contributed by atoms with van der Waals surface area (Å²) < 4.78 is 0. The molecule has 2 rings (SSSR count). The minimum absolute atomic E-state index is 0.579. The van der Waals surface area contributed by atoms with E-state index in [4.69, 9.17) is 5.73 Å². The van der Waals surface area contributed by atoms with E-state index in [1.165, 1.54) is 19.3 Å². The Morgan fingerprint density at radius 3 is 2.79 bits per heavy atom. The lowest BCUT2D eigenvalue weighted by atomic mass is 10.0. The highest BCUT2D eigenvalue weighted by molar-refractivity contribution is 5.80. The second-order valence-electron chi connectivity index (χ2n) is 5.08. The first-order valence-corrected chi connectivity index (χ1v) is 5.73. The SMILES string of the molecule is CC(C)CC1CN=C(N)N1CC1CC1. The van der Waals surface area contributed by atoms with Gasteiger partial charge in [-0.1, -0.05) is 13.8 Å². The zero-order valence-electron chi connectivity index (χ0n) is 9.24. The maximum absolute atomic E-state index is 5.90. The molecule has 14 heavy (non-hydrogen) atoms. The molecular formula is C11H21N3. The lowest BCUT2D eigenvalue weighted by molar-refractivity contribution is 0.287. The summed E-state index contributed by atoms with van der Waals surface area (Å²) in [5.41, 5.74) is 5.90. The zero-order valence-corrected chi connectivity index (χ0v) is 9.24. The number of rotatable bonds is 4. The van der Waals surface area contributed by atoms with E-state index < -0.39 is 0 Å². The van der Waals surface area contributed by atoms with Gasteiger partial charge in [-0.25, -0.2) is 0 Å². The van der Waals surface area contributed by atoms with E-state index in [0.717, 1.165) is 30.9 Å². The lowest BCUT2D eigenvalue weighted by Crippen LogP contribution is -2.42. The van der Waals surface area contributed by atoms with E-state index in [0.29, 0.717) is 6.04 Å². The fraction of sp³-hybridized carbons (Fsp3) is 0.909. The number of aliphatic imine (C=N–C) groups is 1. The Hall–Kier alpha value is -0.730. The van der Waals surface area contributed by atoms with Crippen molar-refractivity contribution in [2.24, 2.45) is 22.6 Å². The quantitative estimate of drug-likeness (QED) is 0.737. The van der Waals surface area contributed by atoms with Crippen molar-refractivity contribution in [2.45, 2.75) is 39.2 Å². The number of nitrogens with zero attached hydrogens (tertiary/aromatic N) is 2. The Labute approximate surface area is 86.4 Å².